The summed E-state index contributed by atoms with van der Waals surface area (Å²) in [6, 6.07) is 14.4. The summed E-state index contributed by atoms with van der Waals surface area (Å²) in [5.74, 6) is 0.415. The lowest BCUT2D eigenvalue weighted by molar-refractivity contribution is -0.122. The molecule has 20 heavy (non-hydrogen) atoms. The van der Waals surface area contributed by atoms with Crippen molar-refractivity contribution in [3.63, 3.8) is 0 Å². The highest BCUT2D eigenvalue weighted by atomic mass is 79.9. The van der Waals surface area contributed by atoms with E-state index in [1.165, 1.54) is 0 Å². The molecule has 1 unspecified atom stereocenters. The Labute approximate surface area is 126 Å². The summed E-state index contributed by atoms with van der Waals surface area (Å²) in [6.07, 6.45) is -0.605. The van der Waals surface area contributed by atoms with E-state index in [1.807, 2.05) is 18.2 Å². The lowest BCUT2D eigenvalue weighted by Gasteiger charge is -2.15. The van der Waals surface area contributed by atoms with Gasteiger partial charge in [0.25, 0.3) is 5.91 Å². The largest absolute Gasteiger partial charge is 0.480 e. The molecule has 1 amide bonds. The molecular weight excluding hydrogens is 320 g/mol. The van der Waals surface area contributed by atoms with Crippen molar-refractivity contribution in [2.24, 2.45) is 0 Å². The highest BCUT2D eigenvalue weighted by molar-refractivity contribution is 9.10. The van der Waals surface area contributed by atoms with Crippen LogP contribution in [0.1, 0.15) is 6.92 Å². The molecule has 0 saturated heterocycles. The molecule has 0 aromatic heterocycles. The molecule has 3 N–H and O–H groups in total. The standard InChI is InChI=1S/C15H15BrN2O2/c1-10(20-14-5-3-2-4-13(14)16)15(19)18-12-8-6-11(17)7-9-12/h2-10H,17H2,1H3,(H,18,19). The Morgan fingerprint density at radius 1 is 1.20 bits per heavy atom. The minimum Gasteiger partial charge on any atom is -0.480 e. The minimum absolute atomic E-state index is 0.217. The van der Waals surface area contributed by atoms with Gasteiger partial charge in [-0.3, -0.25) is 4.79 Å². The van der Waals surface area contributed by atoms with Crippen LogP contribution in [0.15, 0.2) is 53.0 Å². The highest BCUT2D eigenvalue weighted by Gasteiger charge is 2.15. The number of carbonyl (C=O) groups excluding carboxylic acids is 1. The molecule has 2 rings (SSSR count). The second-order valence-electron chi connectivity index (χ2n) is 4.30. The van der Waals surface area contributed by atoms with E-state index < -0.39 is 6.10 Å². The number of anilines is 2. The van der Waals surface area contributed by atoms with Crippen LogP contribution in [0.5, 0.6) is 5.75 Å². The van der Waals surface area contributed by atoms with E-state index in [-0.39, 0.29) is 5.91 Å². The van der Waals surface area contributed by atoms with Crippen LogP contribution in [0.3, 0.4) is 0 Å². The van der Waals surface area contributed by atoms with Gasteiger partial charge in [0.1, 0.15) is 5.75 Å². The van der Waals surface area contributed by atoms with Crippen LogP contribution in [0.25, 0.3) is 0 Å². The molecule has 2 aromatic rings. The molecule has 5 heteroatoms. The number of rotatable bonds is 4. The fourth-order valence-corrected chi connectivity index (χ4v) is 1.97. The summed E-state index contributed by atoms with van der Waals surface area (Å²) in [7, 11) is 0. The number of para-hydroxylation sites is 1. The van der Waals surface area contributed by atoms with Crippen LogP contribution in [-0.4, -0.2) is 12.0 Å². The number of carbonyl (C=O) groups is 1. The van der Waals surface area contributed by atoms with Crippen LogP contribution in [-0.2, 0) is 4.79 Å². The van der Waals surface area contributed by atoms with E-state index in [9.17, 15) is 4.79 Å². The van der Waals surface area contributed by atoms with Gasteiger partial charge in [-0.05, 0) is 59.3 Å². The fourth-order valence-electron chi connectivity index (χ4n) is 1.59. The van der Waals surface area contributed by atoms with Crippen molar-refractivity contribution in [1.82, 2.24) is 0 Å². The molecule has 0 aliphatic carbocycles. The Balaban J connectivity index is 1.99. The van der Waals surface area contributed by atoms with E-state index in [1.54, 1.807) is 37.3 Å². The minimum atomic E-state index is -0.605. The molecule has 0 saturated carbocycles. The molecule has 0 aliphatic rings. The highest BCUT2D eigenvalue weighted by Crippen LogP contribution is 2.25. The molecule has 1 atom stereocenters. The third-order valence-electron chi connectivity index (χ3n) is 2.69. The molecule has 0 spiro atoms. The zero-order valence-corrected chi connectivity index (χ0v) is 12.6. The van der Waals surface area contributed by atoms with E-state index in [0.29, 0.717) is 17.1 Å². The smallest absolute Gasteiger partial charge is 0.265 e. The Morgan fingerprint density at radius 2 is 1.85 bits per heavy atom. The molecular formula is C15H15BrN2O2. The fraction of sp³-hybridized carbons (Fsp3) is 0.133. The molecule has 0 aliphatic heterocycles. The Morgan fingerprint density at radius 3 is 2.50 bits per heavy atom. The van der Waals surface area contributed by atoms with Crippen molar-refractivity contribution in [2.45, 2.75) is 13.0 Å². The number of benzene rings is 2. The maximum Gasteiger partial charge on any atom is 0.265 e. The molecule has 0 heterocycles. The zero-order chi connectivity index (χ0) is 14.5. The summed E-state index contributed by atoms with van der Waals surface area (Å²) in [5.41, 5.74) is 6.93. The molecule has 4 nitrogen and oxygen atoms in total. The topological polar surface area (TPSA) is 64.3 Å². The second-order valence-corrected chi connectivity index (χ2v) is 5.16. The second kappa shape index (κ2) is 6.43. The maximum atomic E-state index is 12.0. The van der Waals surface area contributed by atoms with Gasteiger partial charge in [0.2, 0.25) is 0 Å². The lowest BCUT2D eigenvalue weighted by Crippen LogP contribution is -2.30. The molecule has 104 valence electrons. The molecule has 0 bridgehead atoms. The Bertz CT molecular complexity index is 599. The van der Waals surface area contributed by atoms with Crippen molar-refractivity contribution in [3.8, 4) is 5.75 Å². The first-order valence-corrected chi connectivity index (χ1v) is 6.93. The van der Waals surface area contributed by atoms with Crippen LogP contribution < -0.4 is 15.8 Å². The number of hydrogen-bond donors (Lipinski definition) is 2. The van der Waals surface area contributed by atoms with Crippen molar-refractivity contribution in [3.05, 3.63) is 53.0 Å². The van der Waals surface area contributed by atoms with Crippen molar-refractivity contribution < 1.29 is 9.53 Å². The van der Waals surface area contributed by atoms with Crippen molar-refractivity contribution in [1.29, 1.82) is 0 Å². The van der Waals surface area contributed by atoms with Crippen molar-refractivity contribution in [2.75, 3.05) is 11.1 Å². The third kappa shape index (κ3) is 3.74. The number of ether oxygens (including phenoxy) is 1. The summed E-state index contributed by atoms with van der Waals surface area (Å²) in [6.45, 7) is 1.70. The Hall–Kier alpha value is -2.01. The first kappa shape index (κ1) is 14.4. The van der Waals surface area contributed by atoms with E-state index in [2.05, 4.69) is 21.2 Å². The van der Waals surface area contributed by atoms with Crippen molar-refractivity contribution >= 4 is 33.2 Å². The number of nitrogen functional groups attached to an aromatic ring is 1. The lowest BCUT2D eigenvalue weighted by atomic mass is 10.2. The summed E-state index contributed by atoms with van der Waals surface area (Å²) < 4.78 is 6.43. The van der Waals surface area contributed by atoms with E-state index in [4.69, 9.17) is 10.5 Å². The molecule has 0 radical (unpaired) electrons. The van der Waals surface area contributed by atoms with Gasteiger partial charge in [-0.15, -0.1) is 0 Å². The van der Waals surface area contributed by atoms with Gasteiger partial charge < -0.3 is 15.8 Å². The van der Waals surface area contributed by atoms with Gasteiger partial charge in [0, 0.05) is 11.4 Å². The van der Waals surface area contributed by atoms with Crippen LogP contribution in [0.2, 0.25) is 0 Å². The zero-order valence-electron chi connectivity index (χ0n) is 11.0. The molecule has 0 fully saturated rings. The molecule has 2 aromatic carbocycles. The van der Waals surface area contributed by atoms with Gasteiger partial charge in [-0.25, -0.2) is 0 Å². The quantitative estimate of drug-likeness (QED) is 0.842. The van der Waals surface area contributed by atoms with Crippen LogP contribution in [0, 0.1) is 0 Å². The van der Waals surface area contributed by atoms with Gasteiger partial charge in [0.15, 0.2) is 6.10 Å². The van der Waals surface area contributed by atoms with Gasteiger partial charge in [0.05, 0.1) is 4.47 Å². The Kier molecular flexibility index (Phi) is 4.63. The SMILES string of the molecule is CC(Oc1ccccc1Br)C(=O)Nc1ccc(N)cc1. The number of hydrogen-bond acceptors (Lipinski definition) is 3. The first-order valence-electron chi connectivity index (χ1n) is 6.14. The van der Waals surface area contributed by atoms with Crippen LogP contribution >= 0.6 is 15.9 Å². The van der Waals surface area contributed by atoms with Gasteiger partial charge >= 0.3 is 0 Å². The number of nitrogens with two attached hydrogens (primary N) is 1. The van der Waals surface area contributed by atoms with E-state index in [0.717, 1.165) is 4.47 Å². The summed E-state index contributed by atoms with van der Waals surface area (Å²) in [5, 5.41) is 2.77. The monoisotopic (exact) mass is 334 g/mol. The first-order chi connectivity index (χ1) is 9.56. The number of halogens is 1. The normalized spacial score (nSPS) is 11.7. The number of nitrogens with one attached hydrogen (secondary N) is 1. The van der Waals surface area contributed by atoms with Gasteiger partial charge in [-0.1, -0.05) is 12.1 Å². The number of amides is 1. The average Bonchev–Trinajstić information content (AvgIpc) is 2.44. The van der Waals surface area contributed by atoms with Crippen LogP contribution in [0.4, 0.5) is 11.4 Å². The summed E-state index contributed by atoms with van der Waals surface area (Å²) >= 11 is 3.38. The maximum absolute atomic E-state index is 12.0. The third-order valence-corrected chi connectivity index (χ3v) is 3.34. The predicted molar refractivity (Wildman–Crippen MR) is 83.7 cm³/mol. The summed E-state index contributed by atoms with van der Waals surface area (Å²) in [4.78, 5) is 12.0. The predicted octanol–water partition coefficient (Wildman–Crippen LogP) is 3.44. The van der Waals surface area contributed by atoms with Gasteiger partial charge in [-0.2, -0.15) is 0 Å². The average molecular weight is 335 g/mol. The van der Waals surface area contributed by atoms with E-state index >= 15 is 0 Å².